The lowest BCUT2D eigenvalue weighted by atomic mass is 10.0. The number of allylic oxidation sites excluding steroid dienone is 1. The minimum absolute atomic E-state index is 0.0405. The van der Waals surface area contributed by atoms with Gasteiger partial charge in [0.05, 0.1) is 10.8 Å². The molecule has 8 nitrogen and oxygen atoms in total. The molecule has 1 aromatic carbocycles. The number of nitrogens with one attached hydrogen (secondary N) is 1. The molecule has 1 fully saturated rings. The van der Waals surface area contributed by atoms with E-state index in [1.165, 1.54) is 51.9 Å². The third-order valence-corrected chi connectivity index (χ3v) is 9.85. The van der Waals surface area contributed by atoms with Gasteiger partial charge in [0.15, 0.2) is 5.16 Å². The maximum absolute atomic E-state index is 12.9. The highest BCUT2D eigenvalue weighted by Crippen LogP contribution is 2.41. The van der Waals surface area contributed by atoms with Crippen LogP contribution >= 0.6 is 70.2 Å². The lowest BCUT2D eigenvalue weighted by Gasteiger charge is -2.49. The van der Waals surface area contributed by atoms with Crippen LogP contribution in [0.1, 0.15) is 5.69 Å². The van der Waals surface area contributed by atoms with E-state index in [4.69, 9.17) is 23.2 Å². The van der Waals surface area contributed by atoms with Gasteiger partial charge in [-0.15, -0.1) is 35.3 Å². The van der Waals surface area contributed by atoms with Gasteiger partial charge in [-0.05, 0) is 43.0 Å². The van der Waals surface area contributed by atoms with E-state index in [9.17, 15) is 19.5 Å². The van der Waals surface area contributed by atoms with Crippen molar-refractivity contribution in [2.75, 3.05) is 23.5 Å². The number of benzene rings is 1. The summed E-state index contributed by atoms with van der Waals surface area (Å²) in [6, 6.07) is 6.09. The topological polar surface area (TPSA) is 112 Å². The number of carbonyl (C=O) groups excluding carboxylic acids is 2. The van der Waals surface area contributed by atoms with Crippen molar-refractivity contribution in [1.29, 1.82) is 0 Å². The van der Waals surface area contributed by atoms with Gasteiger partial charge in [-0.1, -0.05) is 47.1 Å². The Bertz CT molecular complexity index is 1340. The fraction of sp³-hybridized carbons (Fsp3) is 0.292. The molecule has 4 rings (SSSR count). The fourth-order valence-corrected chi connectivity index (χ4v) is 7.59. The Morgan fingerprint density at radius 2 is 2.05 bits per heavy atom. The average Bonchev–Trinajstić information content (AvgIpc) is 2.89. The van der Waals surface area contributed by atoms with Gasteiger partial charge in [-0.3, -0.25) is 14.5 Å². The molecule has 2 aliphatic rings. The summed E-state index contributed by atoms with van der Waals surface area (Å²) in [5.74, 6) is -0.949. The SMILES string of the molecule is CSc1nc(C)cc(SCC=CC2=C(C(=O)O)N3C(=O)[C@@H](NC(=O)CSc4cc(Cl)ccc4Cl)[C@H]3SC2)n1. The van der Waals surface area contributed by atoms with E-state index >= 15 is 0 Å². The van der Waals surface area contributed by atoms with Crippen LogP contribution in [0.15, 0.2) is 62.8 Å². The number of aliphatic carboxylic acids is 1. The number of aryl methyl sites for hydroxylation is 1. The van der Waals surface area contributed by atoms with Crippen molar-refractivity contribution in [3.8, 4) is 0 Å². The zero-order chi connectivity index (χ0) is 27.4. The first-order valence-electron chi connectivity index (χ1n) is 11.1. The minimum Gasteiger partial charge on any atom is -0.477 e. The second-order valence-corrected chi connectivity index (χ2v) is 12.8. The Morgan fingerprint density at radius 3 is 2.79 bits per heavy atom. The van der Waals surface area contributed by atoms with E-state index in [-0.39, 0.29) is 17.4 Å². The van der Waals surface area contributed by atoms with Crippen LogP contribution in [0.2, 0.25) is 10.0 Å². The molecule has 0 saturated carbocycles. The van der Waals surface area contributed by atoms with E-state index in [0.29, 0.717) is 37.2 Å². The maximum atomic E-state index is 12.9. The fourth-order valence-electron chi connectivity index (χ4n) is 3.72. The van der Waals surface area contributed by atoms with Crippen LogP contribution < -0.4 is 5.32 Å². The number of β-lactam (4-membered cyclic amide) rings is 1. The van der Waals surface area contributed by atoms with Crippen molar-refractivity contribution in [2.45, 2.75) is 33.4 Å². The number of hydrogen-bond donors (Lipinski definition) is 2. The average molecular weight is 630 g/mol. The Labute approximate surface area is 246 Å². The predicted octanol–water partition coefficient (Wildman–Crippen LogP) is 4.99. The van der Waals surface area contributed by atoms with Crippen LogP contribution in [0.3, 0.4) is 0 Å². The van der Waals surface area contributed by atoms with Crippen molar-refractivity contribution >= 4 is 88.0 Å². The number of carboxylic acid groups (broad SMARTS) is 1. The lowest BCUT2D eigenvalue weighted by molar-refractivity contribution is -0.150. The maximum Gasteiger partial charge on any atom is 0.352 e. The molecule has 0 aliphatic carbocycles. The number of carbonyl (C=O) groups is 3. The molecule has 2 aromatic rings. The minimum atomic E-state index is -1.18. The molecule has 1 aromatic heterocycles. The monoisotopic (exact) mass is 628 g/mol. The van der Waals surface area contributed by atoms with Gasteiger partial charge in [0.25, 0.3) is 5.91 Å². The van der Waals surface area contributed by atoms with Gasteiger partial charge >= 0.3 is 5.97 Å². The van der Waals surface area contributed by atoms with E-state index in [1.54, 1.807) is 24.3 Å². The molecule has 3 heterocycles. The molecule has 0 unspecified atom stereocenters. The summed E-state index contributed by atoms with van der Waals surface area (Å²) in [7, 11) is 0. The van der Waals surface area contributed by atoms with E-state index < -0.39 is 23.3 Å². The van der Waals surface area contributed by atoms with Crippen molar-refractivity contribution in [1.82, 2.24) is 20.2 Å². The van der Waals surface area contributed by atoms with Crippen LogP contribution in [0.25, 0.3) is 0 Å². The first-order valence-corrected chi connectivity index (χ1v) is 16.2. The van der Waals surface area contributed by atoms with E-state index in [0.717, 1.165) is 10.7 Å². The Morgan fingerprint density at radius 1 is 1.26 bits per heavy atom. The van der Waals surface area contributed by atoms with Crippen LogP contribution in [0, 0.1) is 6.92 Å². The normalized spacial score (nSPS) is 18.9. The zero-order valence-electron chi connectivity index (χ0n) is 20.1. The standard InChI is InChI=1S/C24H22Cl2N4O4S4/c1-12-8-18(29-24(27-12)35-2)36-7-3-4-13-10-38-22-19(21(32)30(22)20(13)23(33)34)28-17(31)11-37-16-9-14(25)5-6-15(16)26/h3-6,8-9,19,22H,7,10-11H2,1-2H3,(H,28,31)(H,33,34)/t19-,22-/m1/s1. The second kappa shape index (κ2) is 13.0. The number of aromatic nitrogens is 2. The van der Waals surface area contributed by atoms with Crippen LogP contribution in [-0.4, -0.2) is 72.7 Å². The number of nitrogens with zero attached hydrogens (tertiary/aromatic N) is 3. The summed E-state index contributed by atoms with van der Waals surface area (Å²) < 4.78 is 0. The quantitative estimate of drug-likeness (QED) is 0.161. The Hall–Kier alpha value is -1.83. The predicted molar refractivity (Wildman–Crippen MR) is 155 cm³/mol. The summed E-state index contributed by atoms with van der Waals surface area (Å²) in [4.78, 5) is 48.2. The lowest BCUT2D eigenvalue weighted by Crippen LogP contribution is -2.70. The third-order valence-electron chi connectivity index (χ3n) is 5.41. The summed E-state index contributed by atoms with van der Waals surface area (Å²) in [5, 5.41) is 14.6. The largest absolute Gasteiger partial charge is 0.477 e. The molecule has 14 heteroatoms. The molecule has 0 radical (unpaired) electrons. The van der Waals surface area contributed by atoms with Gasteiger partial charge in [-0.25, -0.2) is 14.8 Å². The highest BCUT2D eigenvalue weighted by Gasteiger charge is 2.53. The van der Waals surface area contributed by atoms with Crippen molar-refractivity contribution in [3.63, 3.8) is 0 Å². The molecule has 1 saturated heterocycles. The first-order chi connectivity index (χ1) is 18.2. The van der Waals surface area contributed by atoms with Gasteiger partial charge in [-0.2, -0.15) is 0 Å². The molecular formula is C24H22Cl2N4O4S4. The second-order valence-electron chi connectivity index (χ2n) is 8.05. The number of carboxylic acids is 1. The molecule has 38 heavy (non-hydrogen) atoms. The molecule has 2 atom stereocenters. The van der Waals surface area contributed by atoms with E-state index in [2.05, 4.69) is 15.3 Å². The summed E-state index contributed by atoms with van der Waals surface area (Å²) in [6.07, 6.45) is 5.52. The molecule has 0 bridgehead atoms. The third kappa shape index (κ3) is 6.83. The van der Waals surface area contributed by atoms with Crippen molar-refractivity contribution in [3.05, 3.63) is 63.4 Å². The summed E-state index contributed by atoms with van der Waals surface area (Å²) in [5.41, 5.74) is 1.38. The molecule has 2 N–H and O–H groups in total. The van der Waals surface area contributed by atoms with E-state index in [1.807, 2.05) is 25.3 Å². The van der Waals surface area contributed by atoms with Crippen molar-refractivity contribution in [2.24, 2.45) is 0 Å². The van der Waals surface area contributed by atoms with Gasteiger partial charge < -0.3 is 10.4 Å². The van der Waals surface area contributed by atoms with Crippen LogP contribution in [0.4, 0.5) is 0 Å². The van der Waals surface area contributed by atoms with Crippen molar-refractivity contribution < 1.29 is 19.5 Å². The molecule has 2 aliphatic heterocycles. The summed E-state index contributed by atoms with van der Waals surface area (Å²) >= 11 is 17.8. The number of halogens is 2. The summed E-state index contributed by atoms with van der Waals surface area (Å²) in [6.45, 7) is 1.91. The van der Waals surface area contributed by atoms with Gasteiger partial charge in [0.1, 0.15) is 22.1 Å². The Balaban J connectivity index is 1.36. The first kappa shape index (κ1) is 29.2. The molecule has 0 spiro atoms. The number of rotatable bonds is 10. The van der Waals surface area contributed by atoms with Crippen LogP contribution in [0.5, 0.6) is 0 Å². The number of hydrogen-bond acceptors (Lipinski definition) is 9. The zero-order valence-corrected chi connectivity index (χ0v) is 24.9. The van der Waals surface area contributed by atoms with Gasteiger partial charge in [0.2, 0.25) is 5.91 Å². The molecule has 200 valence electrons. The smallest absolute Gasteiger partial charge is 0.352 e. The van der Waals surface area contributed by atoms with Gasteiger partial charge in [0, 0.05) is 27.1 Å². The number of thioether (sulfide) groups is 4. The molecule has 2 amide bonds. The highest BCUT2D eigenvalue weighted by molar-refractivity contribution is 8.00. The highest BCUT2D eigenvalue weighted by atomic mass is 35.5. The molecular weight excluding hydrogens is 607 g/mol. The number of amides is 2. The van der Waals surface area contributed by atoms with Crippen LogP contribution in [-0.2, 0) is 14.4 Å². The Kier molecular flexibility index (Phi) is 9.99. The number of fused-ring (bicyclic) bond motifs is 1.